The quantitative estimate of drug-likeness (QED) is 0.611. The van der Waals surface area contributed by atoms with E-state index in [1.165, 1.54) is 0 Å². The van der Waals surface area contributed by atoms with Crippen LogP contribution in [0.25, 0.3) is 22.3 Å². The number of esters is 1. The predicted molar refractivity (Wildman–Crippen MR) is 104 cm³/mol. The van der Waals surface area contributed by atoms with Crippen molar-refractivity contribution in [2.24, 2.45) is 5.92 Å². The van der Waals surface area contributed by atoms with Crippen LogP contribution in [0.15, 0.2) is 51.7 Å². The lowest BCUT2D eigenvalue weighted by Gasteiger charge is -2.12. The first kappa shape index (κ1) is 18.7. The molecule has 0 aliphatic carbocycles. The fourth-order valence-electron chi connectivity index (χ4n) is 2.80. The van der Waals surface area contributed by atoms with E-state index in [0.717, 1.165) is 5.56 Å². The predicted octanol–water partition coefficient (Wildman–Crippen LogP) is 4.73. The van der Waals surface area contributed by atoms with Crippen LogP contribution < -0.4 is 14.9 Å². The van der Waals surface area contributed by atoms with Crippen molar-refractivity contribution in [3.63, 3.8) is 0 Å². The van der Waals surface area contributed by atoms with Gasteiger partial charge in [0.25, 0.3) is 0 Å². The summed E-state index contributed by atoms with van der Waals surface area (Å²) in [5.41, 5.74) is 1.69. The molecule has 0 atom stereocenters. The molecule has 0 fully saturated rings. The molecule has 3 rings (SSSR count). The Morgan fingerprint density at radius 1 is 1.11 bits per heavy atom. The van der Waals surface area contributed by atoms with E-state index in [9.17, 15) is 9.59 Å². The van der Waals surface area contributed by atoms with Gasteiger partial charge in [-0.1, -0.05) is 19.9 Å². The zero-order valence-corrected chi connectivity index (χ0v) is 15.9. The number of fused-ring (bicyclic) bond motifs is 1. The van der Waals surface area contributed by atoms with Gasteiger partial charge in [-0.05, 0) is 54.8 Å². The maximum absolute atomic E-state index is 13.0. The molecule has 0 saturated carbocycles. The molecule has 1 heterocycles. The minimum absolute atomic E-state index is 0.0813. The van der Waals surface area contributed by atoms with Gasteiger partial charge in [-0.3, -0.25) is 9.59 Å². The molecule has 1 aromatic heterocycles. The van der Waals surface area contributed by atoms with Crippen molar-refractivity contribution in [3.8, 4) is 22.8 Å². The van der Waals surface area contributed by atoms with Crippen LogP contribution in [-0.2, 0) is 4.79 Å². The third kappa shape index (κ3) is 4.03. The number of carbonyl (C=O) groups excluding carboxylic acids is 1. The minimum Gasteiger partial charge on any atom is -0.497 e. The van der Waals surface area contributed by atoms with Crippen molar-refractivity contribution in [1.29, 1.82) is 0 Å². The Morgan fingerprint density at radius 2 is 1.81 bits per heavy atom. The Morgan fingerprint density at radius 3 is 2.44 bits per heavy atom. The lowest BCUT2D eigenvalue weighted by Crippen LogP contribution is -2.17. The zero-order valence-electron chi connectivity index (χ0n) is 15.9. The van der Waals surface area contributed by atoms with Crippen LogP contribution in [0.1, 0.15) is 25.8 Å². The fourth-order valence-corrected chi connectivity index (χ4v) is 2.80. The molecule has 5 nitrogen and oxygen atoms in total. The van der Waals surface area contributed by atoms with Crippen molar-refractivity contribution in [2.75, 3.05) is 7.11 Å². The maximum Gasteiger partial charge on any atom is 0.311 e. The number of aryl methyl sites for hydroxylation is 1. The van der Waals surface area contributed by atoms with Crippen molar-refractivity contribution in [1.82, 2.24) is 0 Å². The van der Waals surface area contributed by atoms with Gasteiger partial charge in [0, 0.05) is 12.0 Å². The molecule has 0 aliphatic rings. The van der Waals surface area contributed by atoms with E-state index in [4.69, 9.17) is 13.9 Å². The average Bonchev–Trinajstić information content (AvgIpc) is 2.63. The van der Waals surface area contributed by atoms with Gasteiger partial charge in [0.05, 0.1) is 12.5 Å². The molecule has 2 aromatic carbocycles. The van der Waals surface area contributed by atoms with Crippen molar-refractivity contribution in [2.45, 2.75) is 27.2 Å². The number of hydrogen-bond acceptors (Lipinski definition) is 5. The molecule has 0 amide bonds. The van der Waals surface area contributed by atoms with E-state index < -0.39 is 5.97 Å². The fraction of sp³-hybridized carbons (Fsp3) is 0.273. The first-order chi connectivity index (χ1) is 12.9. The summed E-state index contributed by atoms with van der Waals surface area (Å²) >= 11 is 0. The lowest BCUT2D eigenvalue weighted by atomic mass is 10.1. The van der Waals surface area contributed by atoms with Crippen LogP contribution in [-0.4, -0.2) is 13.1 Å². The van der Waals surface area contributed by atoms with Gasteiger partial charge in [-0.25, -0.2) is 0 Å². The monoisotopic (exact) mass is 366 g/mol. The van der Waals surface area contributed by atoms with Gasteiger partial charge in [0.1, 0.15) is 11.3 Å². The highest BCUT2D eigenvalue weighted by atomic mass is 16.5. The number of methoxy groups -OCH3 is 1. The van der Waals surface area contributed by atoms with Crippen LogP contribution in [0.3, 0.4) is 0 Å². The van der Waals surface area contributed by atoms with Crippen LogP contribution in [0.5, 0.6) is 11.5 Å². The van der Waals surface area contributed by atoms with Gasteiger partial charge >= 0.3 is 5.97 Å². The van der Waals surface area contributed by atoms with Crippen molar-refractivity contribution in [3.05, 3.63) is 58.3 Å². The summed E-state index contributed by atoms with van der Waals surface area (Å²) in [6, 6.07) is 12.4. The largest absolute Gasteiger partial charge is 0.497 e. The van der Waals surface area contributed by atoms with Crippen LogP contribution in [0.2, 0.25) is 0 Å². The maximum atomic E-state index is 13.0. The lowest BCUT2D eigenvalue weighted by molar-refractivity contribution is -0.135. The van der Waals surface area contributed by atoms with E-state index >= 15 is 0 Å². The number of hydrogen-bond donors (Lipinski definition) is 0. The highest BCUT2D eigenvalue weighted by Crippen LogP contribution is 2.32. The van der Waals surface area contributed by atoms with Crippen molar-refractivity contribution < 1.29 is 18.7 Å². The first-order valence-electron chi connectivity index (χ1n) is 8.81. The molecule has 0 aliphatic heterocycles. The van der Waals surface area contributed by atoms with E-state index in [1.807, 2.05) is 26.8 Å². The minimum atomic E-state index is -0.460. The summed E-state index contributed by atoms with van der Waals surface area (Å²) in [6.45, 7) is 5.75. The second kappa shape index (κ2) is 7.66. The molecule has 140 valence electrons. The molecular formula is C22H22O5. The molecule has 3 aromatic rings. The van der Waals surface area contributed by atoms with Gasteiger partial charge in [0.15, 0.2) is 5.76 Å². The van der Waals surface area contributed by atoms with E-state index in [1.54, 1.807) is 43.5 Å². The van der Waals surface area contributed by atoms with E-state index in [0.29, 0.717) is 22.3 Å². The Balaban J connectivity index is 2.19. The first-order valence-corrected chi connectivity index (χ1v) is 8.81. The van der Waals surface area contributed by atoms with Crippen molar-refractivity contribution >= 4 is 16.9 Å². The molecular weight excluding hydrogens is 344 g/mol. The molecule has 27 heavy (non-hydrogen) atoms. The Bertz CT molecular complexity index is 1030. The number of carbonyl (C=O) groups is 1. The summed E-state index contributed by atoms with van der Waals surface area (Å²) in [4.78, 5) is 25.2. The summed E-state index contributed by atoms with van der Waals surface area (Å²) in [5.74, 6) is 0.492. The van der Waals surface area contributed by atoms with Crippen LogP contribution in [0.4, 0.5) is 0 Å². The molecule has 0 N–H and O–H groups in total. The Labute approximate surface area is 157 Å². The van der Waals surface area contributed by atoms with E-state index in [2.05, 4.69) is 0 Å². The summed E-state index contributed by atoms with van der Waals surface area (Å²) in [5, 5.41) is 0.380. The molecule has 5 heteroatoms. The second-order valence-electron chi connectivity index (χ2n) is 6.89. The molecule has 0 bridgehead atoms. The highest BCUT2D eigenvalue weighted by molar-refractivity contribution is 5.84. The van der Waals surface area contributed by atoms with E-state index in [-0.39, 0.29) is 29.3 Å². The van der Waals surface area contributed by atoms with Crippen LogP contribution >= 0.6 is 0 Å². The standard InChI is InChI=1S/C22H22O5/c1-13(2)11-19(23)27-22-20(24)17-10-5-14(3)12-18(17)26-21(22)15-6-8-16(25-4)9-7-15/h5-10,12-13H,11H2,1-4H3. The van der Waals surface area contributed by atoms with Gasteiger partial charge < -0.3 is 13.9 Å². The molecule has 0 unspecified atom stereocenters. The third-order valence-electron chi connectivity index (χ3n) is 4.15. The highest BCUT2D eigenvalue weighted by Gasteiger charge is 2.21. The summed E-state index contributed by atoms with van der Waals surface area (Å²) in [6.07, 6.45) is 0.216. The Kier molecular flexibility index (Phi) is 5.31. The van der Waals surface area contributed by atoms with Crippen LogP contribution in [0, 0.1) is 12.8 Å². The summed E-state index contributed by atoms with van der Waals surface area (Å²) in [7, 11) is 1.58. The number of ether oxygens (including phenoxy) is 2. The summed E-state index contributed by atoms with van der Waals surface area (Å²) < 4.78 is 16.6. The van der Waals surface area contributed by atoms with Gasteiger partial charge in [0.2, 0.25) is 11.2 Å². The number of rotatable bonds is 5. The molecule has 0 saturated heterocycles. The molecule has 0 radical (unpaired) electrons. The second-order valence-corrected chi connectivity index (χ2v) is 6.89. The van der Waals surface area contributed by atoms with Gasteiger partial charge in [-0.15, -0.1) is 0 Å². The zero-order chi connectivity index (χ0) is 19.6. The topological polar surface area (TPSA) is 65.7 Å². The smallest absolute Gasteiger partial charge is 0.311 e. The number of benzene rings is 2. The molecule has 0 spiro atoms. The average molecular weight is 366 g/mol. The Hall–Kier alpha value is -3.08. The van der Waals surface area contributed by atoms with Gasteiger partial charge in [-0.2, -0.15) is 0 Å². The normalized spacial score (nSPS) is 11.0. The SMILES string of the molecule is COc1ccc(-c2oc3cc(C)ccc3c(=O)c2OC(=O)CC(C)C)cc1. The third-order valence-corrected chi connectivity index (χ3v) is 4.15.